The largest absolute Gasteiger partial charge is 0.507 e. The van der Waals surface area contributed by atoms with Crippen LogP contribution in [0.15, 0.2) is 40.4 Å². The average molecular weight is 360 g/mol. The second-order valence-electron chi connectivity index (χ2n) is 4.77. The van der Waals surface area contributed by atoms with Gasteiger partial charge in [-0.05, 0) is 65.7 Å². The maximum absolute atomic E-state index is 12.2. The van der Waals surface area contributed by atoms with Gasteiger partial charge in [0.2, 0.25) is 0 Å². The van der Waals surface area contributed by atoms with Gasteiger partial charge >= 0.3 is 0 Å². The molecular weight excluding hydrogens is 346 g/mol. The number of nitriles is 1. The van der Waals surface area contributed by atoms with Crippen molar-refractivity contribution in [3.05, 3.63) is 57.3 Å². The quantitative estimate of drug-likeness (QED) is 0.652. The van der Waals surface area contributed by atoms with Crippen molar-refractivity contribution < 1.29 is 9.90 Å². The molecule has 1 aromatic carbocycles. The molecule has 1 heterocycles. The molecule has 5 nitrogen and oxygen atoms in total. The minimum absolute atomic E-state index is 0.0231. The molecule has 0 aliphatic carbocycles. The van der Waals surface area contributed by atoms with Crippen molar-refractivity contribution in [3.63, 3.8) is 0 Å². The minimum Gasteiger partial charge on any atom is -0.507 e. The molecule has 0 saturated carbocycles. The lowest BCUT2D eigenvalue weighted by atomic mass is 10.1. The summed E-state index contributed by atoms with van der Waals surface area (Å²) in [5.41, 5.74) is 5.04. The molecule has 2 rings (SSSR count). The maximum atomic E-state index is 12.2. The molecule has 1 amide bonds. The van der Waals surface area contributed by atoms with Crippen LogP contribution in [0, 0.1) is 25.2 Å². The predicted molar refractivity (Wildman–Crippen MR) is 87.7 cm³/mol. The number of hydrogen-bond donors (Lipinski definition) is 2. The first-order valence-electron chi connectivity index (χ1n) is 6.49. The highest BCUT2D eigenvalue weighted by molar-refractivity contribution is 9.10. The summed E-state index contributed by atoms with van der Waals surface area (Å²) in [5.74, 6) is -0.396. The lowest BCUT2D eigenvalue weighted by Gasteiger charge is -2.10. The van der Waals surface area contributed by atoms with Crippen molar-refractivity contribution in [2.24, 2.45) is 0 Å². The van der Waals surface area contributed by atoms with Gasteiger partial charge < -0.3 is 5.11 Å². The van der Waals surface area contributed by atoms with E-state index in [4.69, 9.17) is 0 Å². The van der Waals surface area contributed by atoms with E-state index in [1.165, 1.54) is 12.1 Å². The van der Waals surface area contributed by atoms with Crippen molar-refractivity contribution in [1.29, 1.82) is 5.26 Å². The second kappa shape index (κ2) is 6.50. The number of amides is 1. The number of aromatic nitrogens is 1. The van der Waals surface area contributed by atoms with Gasteiger partial charge in [0, 0.05) is 11.4 Å². The maximum Gasteiger partial charge on any atom is 0.280 e. The van der Waals surface area contributed by atoms with Gasteiger partial charge in [0.05, 0.1) is 4.47 Å². The molecule has 0 fully saturated rings. The Bertz CT molecular complexity index is 781. The number of rotatable bonds is 3. The second-order valence-corrected chi connectivity index (χ2v) is 5.63. The molecule has 0 saturated heterocycles. The van der Waals surface area contributed by atoms with Crippen LogP contribution in [0.2, 0.25) is 0 Å². The molecule has 0 radical (unpaired) electrons. The van der Waals surface area contributed by atoms with Crippen molar-refractivity contribution >= 4 is 27.9 Å². The first-order valence-corrected chi connectivity index (χ1v) is 7.28. The number of halogens is 1. The zero-order chi connectivity index (χ0) is 16.3. The Labute approximate surface area is 136 Å². The van der Waals surface area contributed by atoms with E-state index in [-0.39, 0.29) is 11.3 Å². The molecule has 0 unspecified atom stereocenters. The van der Waals surface area contributed by atoms with E-state index in [1.54, 1.807) is 16.8 Å². The molecule has 2 aromatic rings. The van der Waals surface area contributed by atoms with Crippen LogP contribution in [0.1, 0.15) is 17.0 Å². The Morgan fingerprint density at radius 3 is 2.50 bits per heavy atom. The van der Waals surface area contributed by atoms with Gasteiger partial charge in [0.1, 0.15) is 17.4 Å². The third-order valence-corrected chi connectivity index (χ3v) is 3.77. The van der Waals surface area contributed by atoms with Crippen LogP contribution in [0.25, 0.3) is 6.08 Å². The molecule has 0 bridgehead atoms. The Kier molecular flexibility index (Phi) is 4.68. The van der Waals surface area contributed by atoms with E-state index in [9.17, 15) is 15.2 Å². The van der Waals surface area contributed by atoms with Crippen LogP contribution in [-0.4, -0.2) is 15.7 Å². The number of phenols is 1. The highest BCUT2D eigenvalue weighted by Crippen LogP contribution is 2.25. The predicted octanol–water partition coefficient (Wildman–Crippen LogP) is 3.25. The zero-order valence-corrected chi connectivity index (χ0v) is 13.7. The molecule has 0 aliphatic heterocycles. The van der Waals surface area contributed by atoms with Crippen molar-refractivity contribution in [2.45, 2.75) is 13.8 Å². The van der Waals surface area contributed by atoms with E-state index in [0.29, 0.717) is 10.0 Å². The third kappa shape index (κ3) is 3.38. The van der Waals surface area contributed by atoms with Gasteiger partial charge in [0.25, 0.3) is 5.91 Å². The van der Waals surface area contributed by atoms with Crippen LogP contribution in [0.5, 0.6) is 5.75 Å². The number of phenolic OH excluding ortho intramolecular Hbond substituents is 1. The van der Waals surface area contributed by atoms with Crippen molar-refractivity contribution in [3.8, 4) is 11.8 Å². The first kappa shape index (κ1) is 15.9. The summed E-state index contributed by atoms with van der Waals surface area (Å²) < 4.78 is 2.12. The van der Waals surface area contributed by atoms with Crippen molar-refractivity contribution in [1.82, 2.24) is 4.68 Å². The van der Waals surface area contributed by atoms with Gasteiger partial charge in [-0.2, -0.15) is 5.26 Å². The molecule has 2 N–H and O–H groups in total. The number of carbonyl (C=O) groups excluding carboxylic acids is 1. The molecule has 0 aliphatic rings. The molecule has 1 aromatic heterocycles. The van der Waals surface area contributed by atoms with Crippen molar-refractivity contribution in [2.75, 3.05) is 5.43 Å². The lowest BCUT2D eigenvalue weighted by molar-refractivity contribution is -0.113. The molecule has 6 heteroatoms. The van der Waals surface area contributed by atoms with Gasteiger partial charge in [-0.3, -0.25) is 14.9 Å². The van der Waals surface area contributed by atoms with E-state index < -0.39 is 5.91 Å². The monoisotopic (exact) mass is 359 g/mol. The minimum atomic E-state index is -0.492. The Morgan fingerprint density at radius 2 is 1.95 bits per heavy atom. The van der Waals surface area contributed by atoms with E-state index in [1.807, 2.05) is 32.0 Å². The summed E-state index contributed by atoms with van der Waals surface area (Å²) in [5, 5.41) is 18.7. The number of hydrogen-bond acceptors (Lipinski definition) is 3. The molecule has 22 heavy (non-hydrogen) atoms. The van der Waals surface area contributed by atoms with Gasteiger partial charge in [0.15, 0.2) is 0 Å². The van der Waals surface area contributed by atoms with Crippen LogP contribution in [0.3, 0.4) is 0 Å². The number of aromatic hydroxyl groups is 1. The number of aryl methyl sites for hydroxylation is 2. The third-order valence-electron chi connectivity index (χ3n) is 3.13. The normalized spacial score (nSPS) is 11.1. The fourth-order valence-corrected chi connectivity index (χ4v) is 2.33. The summed E-state index contributed by atoms with van der Waals surface area (Å²) in [6.45, 7) is 3.72. The molecule has 0 atom stereocenters. The summed E-state index contributed by atoms with van der Waals surface area (Å²) in [4.78, 5) is 12.2. The lowest BCUT2D eigenvalue weighted by Crippen LogP contribution is -2.25. The van der Waals surface area contributed by atoms with Crippen LogP contribution < -0.4 is 5.43 Å². The van der Waals surface area contributed by atoms with Gasteiger partial charge in [-0.25, -0.2) is 0 Å². The highest BCUT2D eigenvalue weighted by Gasteiger charge is 2.12. The number of nitrogens with one attached hydrogen (secondary N) is 1. The summed E-state index contributed by atoms with van der Waals surface area (Å²) in [6.07, 6.45) is 1.47. The van der Waals surface area contributed by atoms with Gasteiger partial charge in [-0.15, -0.1) is 0 Å². The van der Waals surface area contributed by atoms with Crippen LogP contribution >= 0.6 is 15.9 Å². The van der Waals surface area contributed by atoms with Gasteiger partial charge in [-0.1, -0.05) is 6.07 Å². The Morgan fingerprint density at radius 1 is 1.32 bits per heavy atom. The molecule has 0 spiro atoms. The number of nitrogens with zero attached hydrogens (tertiary/aromatic N) is 2. The average Bonchev–Trinajstić information content (AvgIpc) is 2.80. The summed E-state index contributed by atoms with van der Waals surface area (Å²) >= 11 is 3.20. The SMILES string of the molecule is Cc1ccc(C)n1NC(=O)/C(C#N)=C\c1ccc(O)c(Br)c1. The molecule has 112 valence electrons. The standard InChI is InChI=1S/C16H14BrN3O2/c1-10-3-4-11(2)20(10)19-16(22)13(9-18)7-12-5-6-15(21)14(17)8-12/h3-8,21H,1-2H3,(H,19,22)/b13-7-. The van der Waals surface area contributed by atoms with E-state index in [0.717, 1.165) is 11.4 Å². The number of carbonyl (C=O) groups is 1. The number of benzene rings is 1. The highest BCUT2D eigenvalue weighted by atomic mass is 79.9. The van der Waals surface area contributed by atoms with Crippen LogP contribution in [0.4, 0.5) is 0 Å². The topological polar surface area (TPSA) is 78.0 Å². The summed E-state index contributed by atoms with van der Waals surface area (Å²) in [7, 11) is 0. The first-order chi connectivity index (χ1) is 10.4. The fraction of sp³-hybridized carbons (Fsp3) is 0.125. The zero-order valence-electron chi connectivity index (χ0n) is 12.1. The smallest absolute Gasteiger partial charge is 0.280 e. The Balaban J connectivity index is 2.27. The Hall–Kier alpha value is -2.52. The van der Waals surface area contributed by atoms with Crippen LogP contribution in [-0.2, 0) is 4.79 Å². The summed E-state index contributed by atoms with van der Waals surface area (Å²) in [6, 6.07) is 10.4. The fourth-order valence-electron chi connectivity index (χ4n) is 1.93. The van der Waals surface area contributed by atoms with E-state index in [2.05, 4.69) is 21.4 Å². The molecular formula is C16H14BrN3O2. The van der Waals surface area contributed by atoms with E-state index >= 15 is 0 Å².